The van der Waals surface area contributed by atoms with Crippen LogP contribution in [0.4, 0.5) is 14.4 Å². The number of hydrogen-bond donors (Lipinski definition) is 8. The molecule has 126 heavy (non-hydrogen) atoms. The lowest BCUT2D eigenvalue weighted by Crippen LogP contribution is -2.39. The smallest absolute Gasteiger partial charge is 0.405 e. The Balaban J connectivity index is 0.000000336. The van der Waals surface area contributed by atoms with E-state index in [-0.39, 0.29) is 129 Å². The van der Waals surface area contributed by atoms with E-state index in [1.807, 2.05) is 66.7 Å². The van der Waals surface area contributed by atoms with Crippen molar-refractivity contribution >= 4 is 70.7 Å². The summed E-state index contributed by atoms with van der Waals surface area (Å²) in [5.74, 6) is -5.52. The maximum absolute atomic E-state index is 13.8. The Kier molecular flexibility index (Phi) is 43.0. The molecule has 6 bridgehead atoms. The molecule has 0 aromatic heterocycles. The van der Waals surface area contributed by atoms with Crippen LogP contribution in [0.3, 0.4) is 0 Å². The van der Waals surface area contributed by atoms with E-state index in [9.17, 15) is 57.5 Å². The third-order valence-electron chi connectivity index (χ3n) is 22.6. The van der Waals surface area contributed by atoms with Gasteiger partial charge < -0.3 is 106 Å². The highest BCUT2D eigenvalue weighted by Crippen LogP contribution is 2.35. The molecule has 0 aromatic rings. The maximum atomic E-state index is 13.8. The zero-order valence-electron chi connectivity index (χ0n) is 76.6. The molecule has 4 aliphatic heterocycles. The number of carbonyl (C=O) groups is 12. The predicted molar refractivity (Wildman–Crippen MR) is 469 cm³/mol. The molecular formula is C92H131N9O25. The first-order chi connectivity index (χ1) is 59.6. The van der Waals surface area contributed by atoms with Crippen LogP contribution in [-0.4, -0.2) is 246 Å². The molecule has 6 amide bonds. The van der Waals surface area contributed by atoms with Crippen molar-refractivity contribution in [3.8, 4) is 0 Å². The number of amides is 6. The maximum Gasteiger partial charge on any atom is 0.405 e. The van der Waals surface area contributed by atoms with Crippen molar-refractivity contribution in [2.24, 2.45) is 58.4 Å². The van der Waals surface area contributed by atoms with Crippen LogP contribution in [-0.2, 0) is 105 Å². The Bertz CT molecular complexity index is 4470. The lowest BCUT2D eigenvalue weighted by atomic mass is 9.85. The molecule has 7 rings (SSSR count). The molecule has 0 spiro atoms. The minimum atomic E-state index is -0.968. The van der Waals surface area contributed by atoms with Gasteiger partial charge in [-0.15, -0.1) is 0 Å². The molecule has 3 aliphatic carbocycles. The summed E-state index contributed by atoms with van der Waals surface area (Å²) in [6.45, 7) is 25.1. The van der Waals surface area contributed by atoms with Crippen LogP contribution in [0.2, 0.25) is 0 Å². The van der Waals surface area contributed by atoms with Crippen LogP contribution in [0.15, 0.2) is 176 Å². The lowest BCUT2D eigenvalue weighted by molar-refractivity contribution is -0.121. The lowest BCUT2D eigenvalue weighted by Gasteiger charge is -2.32. The standard InChI is InChI=1S/C33H48N4O8.C30H42N2O9.C29H41N3O8/c1-19-15-23-28(35-11-12-37-13-14-37)25(38)18-24(29(23)39)36-32(40)20(2)9-8-10-26(42-5)31(45-33(34)41)22(4)17-21(3)30(44-7)27(16-19)43-6;1-16-12-20-25(34)21(15-22(33)28(20)40-8)32-29(35)17(2)10-9-11-23(37-5)27(41-30(31)36)19(4)14-18(3)26(39-7)24(13-16)38-6;1-15-11-19-24(30)21(33)14-20(25(19)34)32-28(35)16(2)9-8-10-22(37-5)27(40-29(31)36)18(4)13-17(3)26(39-7)23(12-15)38-6/h8-10,17-19,21,26-27,30-31,35H,11-16H2,1-7H3,(H2,34,41)(H,36,40);9-11,14-16,18,23-24,26-27H,12-13H2,1-8H3,(H2,31,36)(H,32,35);8-10,13-15,17,22-23,26-27H,11-12,30H2,1-7H3,(H2,31,36)(H,32,35)/b10-8-,20-9+,22-17+;11-9-,17-10+,19-14+;10-8-,16-9+,18-13+/t19-,21+,26+,27+,30-,31+;16-,18+,23+,24+,26-,27+;15-,17+,22+,23+,26-,27+/m111/s1. The van der Waals surface area contributed by atoms with Crippen LogP contribution in [0.25, 0.3) is 0 Å². The van der Waals surface area contributed by atoms with Crippen LogP contribution >= 0.6 is 0 Å². The molecule has 7 aliphatic rings. The summed E-state index contributed by atoms with van der Waals surface area (Å²) in [5.41, 5.74) is 25.4. The molecule has 694 valence electrons. The molecule has 1 fully saturated rings. The average Bonchev–Trinajstić information content (AvgIpc) is 1.21. The molecule has 0 saturated carbocycles. The van der Waals surface area contributed by atoms with Gasteiger partial charge in [0.1, 0.15) is 18.3 Å². The second-order valence-corrected chi connectivity index (χ2v) is 32.4. The van der Waals surface area contributed by atoms with E-state index >= 15 is 0 Å². The number of methoxy groups -OCH3 is 10. The van der Waals surface area contributed by atoms with E-state index < -0.39 is 132 Å². The summed E-state index contributed by atoms with van der Waals surface area (Å²) in [7, 11) is 15.2. The predicted octanol–water partition coefficient (Wildman–Crippen LogP) is 7.76. The first-order valence-electron chi connectivity index (χ1n) is 41.7. The van der Waals surface area contributed by atoms with Crippen molar-refractivity contribution in [3.63, 3.8) is 0 Å². The first-order valence-corrected chi connectivity index (χ1v) is 41.7. The Morgan fingerprint density at radius 1 is 0.421 bits per heavy atom. The van der Waals surface area contributed by atoms with Gasteiger partial charge in [-0.05, 0) is 115 Å². The second-order valence-electron chi connectivity index (χ2n) is 32.4. The van der Waals surface area contributed by atoms with Crippen LogP contribution in [0, 0.1) is 35.5 Å². The second kappa shape index (κ2) is 51.2. The topological polar surface area (TPSA) is 480 Å². The number of nitrogens with two attached hydrogens (primary N) is 4. The molecule has 0 aromatic carbocycles. The van der Waals surface area contributed by atoms with Crippen LogP contribution < -0.4 is 44.2 Å². The van der Waals surface area contributed by atoms with Gasteiger partial charge in [-0.2, -0.15) is 0 Å². The van der Waals surface area contributed by atoms with Crippen LogP contribution in [0.5, 0.6) is 0 Å². The van der Waals surface area contributed by atoms with Crippen molar-refractivity contribution in [1.29, 1.82) is 0 Å². The van der Waals surface area contributed by atoms with E-state index in [1.54, 1.807) is 114 Å². The highest BCUT2D eigenvalue weighted by molar-refractivity contribution is 6.25. The molecule has 12 N–H and O–H groups in total. The number of ether oxygens (including phenoxy) is 13. The van der Waals surface area contributed by atoms with Crippen molar-refractivity contribution in [3.05, 3.63) is 176 Å². The van der Waals surface area contributed by atoms with Gasteiger partial charge in [0.15, 0.2) is 24.1 Å². The van der Waals surface area contributed by atoms with Crippen molar-refractivity contribution in [1.82, 2.24) is 26.2 Å². The molecule has 18 atom stereocenters. The Hall–Kier alpha value is -10.7. The Labute approximate surface area is 738 Å². The largest absolute Gasteiger partial charge is 0.492 e. The minimum absolute atomic E-state index is 0.0452. The normalized spacial score (nSPS) is 32.3. The van der Waals surface area contributed by atoms with Gasteiger partial charge in [0.25, 0.3) is 17.7 Å². The summed E-state index contributed by atoms with van der Waals surface area (Å²) in [6, 6.07) is 0. The summed E-state index contributed by atoms with van der Waals surface area (Å²) in [6.07, 6.45) is 15.3. The molecule has 34 heteroatoms. The van der Waals surface area contributed by atoms with Gasteiger partial charge in [-0.3, -0.25) is 48.1 Å². The van der Waals surface area contributed by atoms with E-state index in [4.69, 9.17) is 84.5 Å². The number of carbonyl (C=O) groups excluding carboxylic acids is 12. The van der Waals surface area contributed by atoms with Gasteiger partial charge in [0.05, 0.1) is 72.2 Å². The minimum Gasteiger partial charge on any atom is -0.492 e. The van der Waals surface area contributed by atoms with E-state index in [0.29, 0.717) is 48.1 Å². The van der Waals surface area contributed by atoms with Crippen molar-refractivity contribution in [2.45, 2.75) is 195 Å². The van der Waals surface area contributed by atoms with Crippen molar-refractivity contribution < 1.29 is 119 Å². The fourth-order valence-electron chi connectivity index (χ4n) is 15.9. The van der Waals surface area contributed by atoms with E-state index in [0.717, 1.165) is 31.8 Å². The van der Waals surface area contributed by atoms with Gasteiger partial charge >= 0.3 is 18.3 Å². The van der Waals surface area contributed by atoms with Gasteiger partial charge in [0, 0.05) is 160 Å². The first kappa shape index (κ1) is 106. The van der Waals surface area contributed by atoms with Gasteiger partial charge in [0.2, 0.25) is 34.7 Å². The van der Waals surface area contributed by atoms with Gasteiger partial charge in [-0.25, -0.2) is 14.4 Å². The highest BCUT2D eigenvalue weighted by atomic mass is 16.6. The number of allylic oxidation sites excluding steroid dienone is 12. The van der Waals surface area contributed by atoms with Crippen LogP contribution in [0.1, 0.15) is 122 Å². The molecule has 0 unspecified atom stereocenters. The third kappa shape index (κ3) is 30.6. The molecule has 4 heterocycles. The summed E-state index contributed by atoms with van der Waals surface area (Å²) < 4.78 is 73.5. The molecule has 1 saturated heterocycles. The number of rotatable bonds is 17. The SMILES string of the molecule is COC1=C2C[C@@H](C)C[C@H](OC)[C@H](OC)[C@@H](C)/C=C(\C)[C@H](OC(N)=O)[C@@H](OC)/C=C\C=C(/C)C(=O)NC(=CC1=O)C2=O.CO[C@H]1[C@@H](OC)C[C@H](C)CC2=C(N)C(=O)C=C(NC(=O)/C(C)=C/C=C\[C@H](OC)[C@@H](OC(N)=O)/C(C)=C/[C@@H]1C)C2=O.CO[C@H]1[C@@H](OC)C[C@H](C)CC2=C(NCCN3CC3)C(=O)C=C(NC(=O)/C(C)=C/C=C\[C@H](OC)[C@@H](OC(N)=O)/C(C)=C/[C@@H]1C)C2=O. The number of fused-ring (bicyclic) bond motifs is 6. The van der Waals surface area contributed by atoms with E-state index in [2.05, 4.69) is 26.2 Å². The molecular weight excluding hydrogens is 1630 g/mol. The monoisotopic (exact) mass is 1760 g/mol. The fourth-order valence-corrected chi connectivity index (χ4v) is 15.9. The Morgan fingerprint density at radius 2 is 0.730 bits per heavy atom. The summed E-state index contributed by atoms with van der Waals surface area (Å²) in [5, 5.41) is 10.9. The zero-order chi connectivity index (χ0) is 94.3. The highest BCUT2D eigenvalue weighted by Gasteiger charge is 2.40. The number of nitrogens with one attached hydrogen (secondary N) is 4. The quantitative estimate of drug-likeness (QED) is 0.0298. The number of Topliss-reactive ketones (excluding diaryl/α,β-unsaturated/α-hetero) is 3. The number of hydrogen-bond acceptors (Lipinski definition) is 28. The Morgan fingerprint density at radius 3 is 1.04 bits per heavy atom. The zero-order valence-corrected chi connectivity index (χ0v) is 76.6. The van der Waals surface area contributed by atoms with E-state index in [1.165, 1.54) is 52.7 Å². The average molecular weight is 1760 g/mol. The number of nitrogens with zero attached hydrogens (tertiary/aromatic N) is 1. The molecule has 0 radical (unpaired) electrons. The molecule has 34 nitrogen and oxygen atoms in total. The number of primary amides is 3. The summed E-state index contributed by atoms with van der Waals surface area (Å²) in [4.78, 5) is 156. The summed E-state index contributed by atoms with van der Waals surface area (Å²) >= 11 is 0. The van der Waals surface area contributed by atoms with Gasteiger partial charge in [-0.1, -0.05) is 114 Å². The third-order valence-corrected chi connectivity index (χ3v) is 22.6. The fraction of sp³-hybridized carbons (Fsp3) is 0.543. The van der Waals surface area contributed by atoms with Crippen molar-refractivity contribution in [2.75, 3.05) is 97.3 Å². The number of ketones is 6.